The molecule has 9 nitrogen and oxygen atoms in total. The molecule has 0 unspecified atom stereocenters. The number of carbonyl (C=O) groups is 1. The number of amides is 1. The second-order valence-electron chi connectivity index (χ2n) is 6.25. The summed E-state index contributed by atoms with van der Waals surface area (Å²) < 4.78 is 6.73. The fourth-order valence-corrected chi connectivity index (χ4v) is 2.72. The van der Waals surface area contributed by atoms with Gasteiger partial charge in [0.2, 0.25) is 5.91 Å². The molecule has 0 aliphatic heterocycles. The third-order valence-corrected chi connectivity index (χ3v) is 4.51. The van der Waals surface area contributed by atoms with Gasteiger partial charge in [-0.1, -0.05) is 11.6 Å². The van der Waals surface area contributed by atoms with Gasteiger partial charge in [-0.15, -0.1) is 0 Å². The second-order valence-corrected chi connectivity index (χ2v) is 6.69. The fourth-order valence-electron chi connectivity index (χ4n) is 2.60. The number of aromatic nitrogens is 2. The maximum atomic E-state index is 12.5. The number of hydrogen-bond acceptors (Lipinski definition) is 6. The first-order valence-electron chi connectivity index (χ1n) is 8.61. The number of carbonyl (C=O) groups excluding carboxylic acids is 1. The number of ether oxygens (including phenoxy) is 1. The highest BCUT2D eigenvalue weighted by atomic mass is 35.5. The highest BCUT2D eigenvalue weighted by molar-refractivity contribution is 6.30. The minimum atomic E-state index is -0.558. The minimum absolute atomic E-state index is 0.154. The van der Waals surface area contributed by atoms with Crippen LogP contribution in [0, 0.1) is 10.1 Å². The summed E-state index contributed by atoms with van der Waals surface area (Å²) in [5, 5.41) is 11.7. The average molecular weight is 417 g/mol. The Morgan fingerprint density at radius 3 is 2.69 bits per heavy atom. The number of nitrogens with zero attached hydrogens (tertiary/aromatic N) is 4. The number of fused-ring (bicyclic) bond motifs is 1. The molecule has 3 rings (SSSR count). The van der Waals surface area contributed by atoms with E-state index in [1.807, 2.05) is 0 Å². The standard InChI is InChI=1S/C19H17ClN4O5/c1-22(8-9-29-15-5-2-13(20)3-6-15)18(25)11-23-12-21-17-10-14(24(27)28)4-7-16(17)19(23)26/h2-7,10,12H,8-9,11H2,1H3. The molecule has 10 heteroatoms. The minimum Gasteiger partial charge on any atom is -0.492 e. The van der Waals surface area contributed by atoms with Gasteiger partial charge in [0.05, 0.1) is 28.7 Å². The van der Waals surface area contributed by atoms with E-state index in [-0.39, 0.29) is 35.6 Å². The van der Waals surface area contributed by atoms with Gasteiger partial charge in [-0.2, -0.15) is 0 Å². The molecule has 150 valence electrons. The number of nitro groups is 1. The summed E-state index contributed by atoms with van der Waals surface area (Å²) in [5.41, 5.74) is -0.389. The van der Waals surface area contributed by atoms with Crippen molar-refractivity contribution >= 4 is 34.1 Å². The van der Waals surface area contributed by atoms with Crippen molar-refractivity contribution in [3.05, 3.63) is 74.3 Å². The van der Waals surface area contributed by atoms with Crippen molar-refractivity contribution in [3.8, 4) is 5.75 Å². The summed E-state index contributed by atoms with van der Waals surface area (Å²) >= 11 is 5.81. The Balaban J connectivity index is 1.63. The molecule has 1 amide bonds. The monoisotopic (exact) mass is 416 g/mol. The number of halogens is 1. The van der Waals surface area contributed by atoms with Crippen molar-refractivity contribution in [2.45, 2.75) is 6.54 Å². The zero-order valence-electron chi connectivity index (χ0n) is 15.4. The van der Waals surface area contributed by atoms with E-state index in [2.05, 4.69) is 4.98 Å². The van der Waals surface area contributed by atoms with Crippen molar-refractivity contribution < 1.29 is 14.5 Å². The van der Waals surface area contributed by atoms with Crippen LogP contribution in [-0.4, -0.2) is 45.5 Å². The molecule has 29 heavy (non-hydrogen) atoms. The Morgan fingerprint density at radius 2 is 2.00 bits per heavy atom. The highest BCUT2D eigenvalue weighted by Gasteiger charge is 2.14. The molecule has 0 N–H and O–H groups in total. The van der Waals surface area contributed by atoms with Gasteiger partial charge in [-0.25, -0.2) is 4.98 Å². The van der Waals surface area contributed by atoms with Crippen LogP contribution in [0.15, 0.2) is 53.6 Å². The Bertz CT molecular complexity index is 1110. The zero-order chi connectivity index (χ0) is 21.0. The number of benzene rings is 2. The van der Waals surface area contributed by atoms with Gasteiger partial charge in [0.1, 0.15) is 18.9 Å². The molecular formula is C19H17ClN4O5. The lowest BCUT2D eigenvalue weighted by Gasteiger charge is -2.18. The average Bonchev–Trinajstić information content (AvgIpc) is 2.71. The second kappa shape index (κ2) is 8.70. The Kier molecular flexibility index (Phi) is 6.08. The summed E-state index contributed by atoms with van der Waals surface area (Å²) in [6, 6.07) is 10.7. The van der Waals surface area contributed by atoms with E-state index in [0.29, 0.717) is 17.3 Å². The Hall–Kier alpha value is -3.46. The van der Waals surface area contributed by atoms with Gasteiger partial charge in [0, 0.05) is 24.2 Å². The molecule has 0 fully saturated rings. The van der Waals surface area contributed by atoms with Crippen molar-refractivity contribution in [2.75, 3.05) is 20.2 Å². The summed E-state index contributed by atoms with van der Waals surface area (Å²) in [5.74, 6) is 0.342. The van der Waals surface area contributed by atoms with Crippen LogP contribution in [0.2, 0.25) is 5.02 Å². The number of rotatable bonds is 7. The van der Waals surface area contributed by atoms with E-state index in [9.17, 15) is 19.7 Å². The molecule has 0 atom stereocenters. The first-order chi connectivity index (χ1) is 13.8. The first-order valence-corrected chi connectivity index (χ1v) is 8.99. The van der Waals surface area contributed by atoms with Gasteiger partial charge in [-0.05, 0) is 30.3 Å². The third kappa shape index (κ3) is 4.88. The third-order valence-electron chi connectivity index (χ3n) is 4.26. The summed E-state index contributed by atoms with van der Waals surface area (Å²) in [6.45, 7) is 0.401. The normalized spacial score (nSPS) is 10.7. The van der Waals surface area contributed by atoms with Crippen molar-refractivity contribution in [1.29, 1.82) is 0 Å². The topological polar surface area (TPSA) is 108 Å². The predicted molar refractivity (Wildman–Crippen MR) is 107 cm³/mol. The van der Waals surface area contributed by atoms with Crippen LogP contribution in [0.5, 0.6) is 5.75 Å². The fraction of sp³-hybridized carbons (Fsp3) is 0.211. The van der Waals surface area contributed by atoms with Gasteiger partial charge in [0.15, 0.2) is 0 Å². The van der Waals surface area contributed by atoms with Crippen LogP contribution in [0.25, 0.3) is 10.9 Å². The zero-order valence-corrected chi connectivity index (χ0v) is 16.2. The molecule has 0 saturated heterocycles. The van der Waals surface area contributed by atoms with Crippen LogP contribution in [0.1, 0.15) is 0 Å². The van der Waals surface area contributed by atoms with Gasteiger partial charge < -0.3 is 9.64 Å². The molecule has 0 radical (unpaired) electrons. The number of non-ortho nitro benzene ring substituents is 1. The predicted octanol–water partition coefficient (Wildman–Crippen LogP) is 2.50. The molecule has 1 heterocycles. The lowest BCUT2D eigenvalue weighted by atomic mass is 10.2. The highest BCUT2D eigenvalue weighted by Crippen LogP contribution is 2.17. The van der Waals surface area contributed by atoms with E-state index in [1.165, 1.54) is 34.0 Å². The summed E-state index contributed by atoms with van der Waals surface area (Å²) in [7, 11) is 1.61. The van der Waals surface area contributed by atoms with E-state index in [4.69, 9.17) is 16.3 Å². The van der Waals surface area contributed by atoms with Crippen LogP contribution < -0.4 is 10.3 Å². The van der Waals surface area contributed by atoms with Gasteiger partial charge >= 0.3 is 0 Å². The molecule has 1 aromatic heterocycles. The van der Waals surface area contributed by atoms with Crippen LogP contribution in [0.4, 0.5) is 5.69 Å². The van der Waals surface area contributed by atoms with Gasteiger partial charge in [-0.3, -0.25) is 24.3 Å². The Labute approximate surface area is 170 Å². The molecule has 0 aliphatic carbocycles. The van der Waals surface area contributed by atoms with Crippen LogP contribution in [-0.2, 0) is 11.3 Å². The largest absolute Gasteiger partial charge is 0.492 e. The van der Waals surface area contributed by atoms with Crippen LogP contribution >= 0.6 is 11.6 Å². The molecule has 0 saturated carbocycles. The van der Waals surface area contributed by atoms with Crippen molar-refractivity contribution in [3.63, 3.8) is 0 Å². The van der Waals surface area contributed by atoms with E-state index in [1.54, 1.807) is 31.3 Å². The van der Waals surface area contributed by atoms with Crippen molar-refractivity contribution in [2.24, 2.45) is 0 Å². The van der Waals surface area contributed by atoms with E-state index >= 15 is 0 Å². The Morgan fingerprint density at radius 1 is 1.28 bits per heavy atom. The molecule has 0 spiro atoms. The summed E-state index contributed by atoms with van der Waals surface area (Å²) in [6.07, 6.45) is 1.21. The van der Waals surface area contributed by atoms with Gasteiger partial charge in [0.25, 0.3) is 11.2 Å². The lowest BCUT2D eigenvalue weighted by Crippen LogP contribution is -2.36. The smallest absolute Gasteiger partial charge is 0.271 e. The van der Waals surface area contributed by atoms with E-state index < -0.39 is 10.5 Å². The quantitative estimate of drug-likeness (QED) is 0.432. The number of hydrogen-bond donors (Lipinski definition) is 0. The molecular weight excluding hydrogens is 400 g/mol. The summed E-state index contributed by atoms with van der Waals surface area (Å²) in [4.78, 5) is 40.7. The molecule has 3 aromatic rings. The molecule has 0 bridgehead atoms. The molecule has 2 aromatic carbocycles. The number of nitro benzene ring substituents is 1. The van der Waals surface area contributed by atoms with E-state index in [0.717, 1.165) is 0 Å². The van der Waals surface area contributed by atoms with Crippen LogP contribution in [0.3, 0.4) is 0 Å². The lowest BCUT2D eigenvalue weighted by molar-refractivity contribution is -0.384. The first kappa shape index (κ1) is 20.3. The van der Waals surface area contributed by atoms with Crippen molar-refractivity contribution in [1.82, 2.24) is 14.5 Å². The molecule has 0 aliphatic rings. The maximum Gasteiger partial charge on any atom is 0.271 e. The SMILES string of the molecule is CN(CCOc1ccc(Cl)cc1)C(=O)Cn1cnc2cc([N+](=O)[O-])ccc2c1=O. The number of likely N-dealkylation sites (N-methyl/N-ethyl adjacent to an activating group) is 1. The maximum absolute atomic E-state index is 12.5.